The fourth-order valence-corrected chi connectivity index (χ4v) is 4.53. The minimum Gasteiger partial charge on any atom is -0.352 e. The van der Waals surface area contributed by atoms with Crippen molar-refractivity contribution in [1.82, 2.24) is 15.1 Å². The second-order valence-corrected chi connectivity index (χ2v) is 9.38. The predicted molar refractivity (Wildman–Crippen MR) is 118 cm³/mol. The van der Waals surface area contributed by atoms with Crippen LogP contribution in [0.1, 0.15) is 44.1 Å². The van der Waals surface area contributed by atoms with Crippen LogP contribution in [0.5, 0.6) is 0 Å². The van der Waals surface area contributed by atoms with Gasteiger partial charge < -0.3 is 10.2 Å². The molecule has 0 radical (unpaired) electrons. The maximum atomic E-state index is 12.3. The first kappa shape index (κ1) is 21.7. The number of Topliss-reactive ketones (excluding diaryl/α,β-unsaturated/α-hetero) is 1. The molecule has 1 aromatic carbocycles. The maximum Gasteiger partial charge on any atom is 0.220 e. The summed E-state index contributed by atoms with van der Waals surface area (Å²) in [5.41, 5.74) is 3.14. The molecule has 1 aliphatic heterocycles. The van der Waals surface area contributed by atoms with Crippen molar-refractivity contribution in [2.75, 3.05) is 33.2 Å². The maximum absolute atomic E-state index is 12.3. The molecule has 6 heteroatoms. The number of amides is 1. The molecular formula is C23H31N3O2S. The molecule has 0 saturated carbocycles. The Balaban J connectivity index is 1.39. The van der Waals surface area contributed by atoms with Gasteiger partial charge in [0.1, 0.15) is 0 Å². The number of piperazine rings is 1. The number of nitrogens with zero attached hydrogens (tertiary/aromatic N) is 2. The van der Waals surface area contributed by atoms with E-state index in [1.54, 1.807) is 11.3 Å². The van der Waals surface area contributed by atoms with E-state index in [0.29, 0.717) is 6.54 Å². The van der Waals surface area contributed by atoms with E-state index in [9.17, 15) is 9.59 Å². The zero-order valence-electron chi connectivity index (χ0n) is 17.7. The summed E-state index contributed by atoms with van der Waals surface area (Å²) in [4.78, 5) is 31.4. The lowest BCUT2D eigenvalue weighted by Crippen LogP contribution is -2.43. The molecular weight excluding hydrogens is 382 g/mol. The second kappa shape index (κ2) is 10.1. The molecule has 0 unspecified atom stereocenters. The summed E-state index contributed by atoms with van der Waals surface area (Å²) in [6, 6.07) is 10.4. The summed E-state index contributed by atoms with van der Waals surface area (Å²) in [5, 5.41) is 2.93. The van der Waals surface area contributed by atoms with Crippen molar-refractivity contribution in [3.63, 3.8) is 0 Å². The van der Waals surface area contributed by atoms with Crippen LogP contribution in [0, 0.1) is 13.8 Å². The Bertz CT molecular complexity index is 836. The molecule has 2 aromatic rings. The van der Waals surface area contributed by atoms with Crippen LogP contribution < -0.4 is 5.32 Å². The summed E-state index contributed by atoms with van der Waals surface area (Å²) in [6.45, 7) is 9.89. The van der Waals surface area contributed by atoms with Gasteiger partial charge in [-0.3, -0.25) is 14.5 Å². The molecule has 1 saturated heterocycles. The highest BCUT2D eigenvalue weighted by Gasteiger charge is 2.15. The molecule has 1 amide bonds. The molecule has 2 heterocycles. The Hall–Kier alpha value is -2.02. The van der Waals surface area contributed by atoms with E-state index in [1.165, 1.54) is 5.56 Å². The molecule has 1 fully saturated rings. The average Bonchev–Trinajstić information content (AvgIpc) is 3.05. The Morgan fingerprint density at radius 2 is 1.66 bits per heavy atom. The van der Waals surface area contributed by atoms with E-state index < -0.39 is 0 Å². The Morgan fingerprint density at radius 1 is 1.00 bits per heavy atom. The van der Waals surface area contributed by atoms with Crippen molar-refractivity contribution < 1.29 is 9.59 Å². The summed E-state index contributed by atoms with van der Waals surface area (Å²) < 4.78 is 0. The highest BCUT2D eigenvalue weighted by molar-refractivity contribution is 7.12. The number of hydrogen-bond donors (Lipinski definition) is 1. The minimum absolute atomic E-state index is 0.0512. The van der Waals surface area contributed by atoms with Crippen molar-refractivity contribution in [3.8, 4) is 0 Å². The number of benzene rings is 1. The molecule has 0 spiro atoms. The lowest BCUT2D eigenvalue weighted by molar-refractivity contribution is -0.121. The van der Waals surface area contributed by atoms with Gasteiger partial charge in [0.2, 0.25) is 5.91 Å². The number of ketones is 1. The average molecular weight is 414 g/mol. The molecule has 5 nitrogen and oxygen atoms in total. The number of nitrogens with one attached hydrogen (secondary N) is 1. The van der Waals surface area contributed by atoms with Crippen molar-refractivity contribution in [2.45, 2.75) is 39.8 Å². The predicted octanol–water partition coefficient (Wildman–Crippen LogP) is 3.39. The first-order chi connectivity index (χ1) is 13.9. The van der Waals surface area contributed by atoms with Crippen molar-refractivity contribution >= 4 is 23.0 Å². The lowest BCUT2D eigenvalue weighted by atomic mass is 10.1. The van der Waals surface area contributed by atoms with E-state index in [2.05, 4.69) is 46.4 Å². The summed E-state index contributed by atoms with van der Waals surface area (Å²) in [5.74, 6) is -0.0280. The lowest BCUT2D eigenvalue weighted by Gasteiger charge is -2.32. The fraction of sp³-hybridized carbons (Fsp3) is 0.478. The van der Waals surface area contributed by atoms with Crippen LogP contribution in [0.2, 0.25) is 0 Å². The van der Waals surface area contributed by atoms with Gasteiger partial charge in [-0.25, -0.2) is 0 Å². The fourth-order valence-electron chi connectivity index (χ4n) is 3.59. The van der Waals surface area contributed by atoms with E-state index in [0.717, 1.165) is 53.6 Å². The van der Waals surface area contributed by atoms with Crippen molar-refractivity contribution in [2.24, 2.45) is 0 Å². The summed E-state index contributed by atoms with van der Waals surface area (Å²) in [7, 11) is 2.17. The van der Waals surface area contributed by atoms with Crippen LogP contribution >= 0.6 is 11.3 Å². The monoisotopic (exact) mass is 413 g/mol. The second-order valence-electron chi connectivity index (χ2n) is 7.92. The third-order valence-electron chi connectivity index (χ3n) is 5.44. The number of carbonyl (C=O) groups is 2. The summed E-state index contributed by atoms with van der Waals surface area (Å²) >= 11 is 1.62. The summed E-state index contributed by atoms with van der Waals surface area (Å²) in [6.07, 6.45) is 0.488. The highest BCUT2D eigenvalue weighted by Crippen LogP contribution is 2.22. The minimum atomic E-state index is -0.0792. The van der Waals surface area contributed by atoms with Crippen LogP contribution in [0.3, 0.4) is 0 Å². The molecule has 0 aliphatic carbocycles. The first-order valence-corrected chi connectivity index (χ1v) is 11.1. The standard InChI is InChI=1S/C23H31N3O2S/c1-17-14-21(18(2)29-17)22(27)8-9-23(28)24-15-19-4-6-20(7-5-19)16-26-12-10-25(3)11-13-26/h4-7,14H,8-13,15-16H2,1-3H3,(H,24,28). The van der Waals surface area contributed by atoms with E-state index in [-0.39, 0.29) is 24.5 Å². The number of hydrogen-bond acceptors (Lipinski definition) is 5. The Kier molecular flexibility index (Phi) is 7.58. The van der Waals surface area contributed by atoms with Gasteiger partial charge >= 0.3 is 0 Å². The number of aryl methyl sites for hydroxylation is 2. The number of rotatable bonds is 8. The van der Waals surface area contributed by atoms with Gasteiger partial charge in [-0.05, 0) is 38.1 Å². The van der Waals surface area contributed by atoms with Gasteiger partial charge in [-0.15, -0.1) is 11.3 Å². The quantitative estimate of drug-likeness (QED) is 0.674. The van der Waals surface area contributed by atoms with E-state index in [4.69, 9.17) is 0 Å². The van der Waals surface area contributed by atoms with Crippen LogP contribution in [0.15, 0.2) is 30.3 Å². The zero-order chi connectivity index (χ0) is 20.8. The molecule has 1 aromatic heterocycles. The SMILES string of the molecule is Cc1cc(C(=O)CCC(=O)NCc2ccc(CN3CCN(C)CC3)cc2)c(C)s1. The van der Waals surface area contributed by atoms with Gasteiger partial charge in [0.25, 0.3) is 0 Å². The van der Waals surface area contributed by atoms with Crippen molar-refractivity contribution in [1.29, 1.82) is 0 Å². The third kappa shape index (κ3) is 6.49. The van der Waals surface area contributed by atoms with Gasteiger partial charge in [0.05, 0.1) is 0 Å². The normalized spacial score (nSPS) is 15.4. The Morgan fingerprint density at radius 3 is 2.28 bits per heavy atom. The number of likely N-dealkylation sites (N-methyl/N-ethyl adjacent to an activating group) is 1. The van der Waals surface area contributed by atoms with Crippen LogP contribution in [-0.2, 0) is 17.9 Å². The topological polar surface area (TPSA) is 52.7 Å². The number of thiophene rings is 1. The third-order valence-corrected chi connectivity index (χ3v) is 6.40. The highest BCUT2D eigenvalue weighted by atomic mass is 32.1. The number of carbonyl (C=O) groups excluding carboxylic acids is 2. The Labute approximate surface area is 177 Å². The smallest absolute Gasteiger partial charge is 0.220 e. The van der Waals surface area contributed by atoms with Gasteiger partial charge in [0.15, 0.2) is 5.78 Å². The largest absolute Gasteiger partial charge is 0.352 e. The van der Waals surface area contributed by atoms with Crippen molar-refractivity contribution in [3.05, 3.63) is 56.8 Å². The van der Waals surface area contributed by atoms with Gasteiger partial charge in [-0.2, -0.15) is 0 Å². The molecule has 0 bridgehead atoms. The van der Waals surface area contributed by atoms with E-state index >= 15 is 0 Å². The molecule has 1 aliphatic rings. The molecule has 1 N–H and O–H groups in total. The van der Waals surface area contributed by atoms with E-state index in [1.807, 2.05) is 19.9 Å². The molecule has 3 rings (SSSR count). The molecule has 29 heavy (non-hydrogen) atoms. The molecule has 0 atom stereocenters. The molecule has 156 valence electrons. The van der Waals surface area contributed by atoms with Crippen LogP contribution in [-0.4, -0.2) is 54.7 Å². The van der Waals surface area contributed by atoms with Gasteiger partial charge in [-0.1, -0.05) is 24.3 Å². The first-order valence-electron chi connectivity index (χ1n) is 10.3. The van der Waals surface area contributed by atoms with Crippen LogP contribution in [0.4, 0.5) is 0 Å². The van der Waals surface area contributed by atoms with Crippen LogP contribution in [0.25, 0.3) is 0 Å². The van der Waals surface area contributed by atoms with Gasteiger partial charge in [0, 0.05) is 67.4 Å². The zero-order valence-corrected chi connectivity index (χ0v) is 18.5.